The van der Waals surface area contributed by atoms with Crippen molar-refractivity contribution < 1.29 is 39.7 Å². The van der Waals surface area contributed by atoms with Gasteiger partial charge in [0.1, 0.15) is 5.82 Å². The summed E-state index contributed by atoms with van der Waals surface area (Å²) in [6.07, 6.45) is -0.255. The Kier molecular flexibility index (Phi) is 5.59. The molecule has 0 unspecified atom stereocenters. The van der Waals surface area contributed by atoms with E-state index in [1.165, 1.54) is 0 Å². The molecule has 0 amide bonds. The van der Waals surface area contributed by atoms with Gasteiger partial charge in [0.05, 0.1) is 16.2 Å². The summed E-state index contributed by atoms with van der Waals surface area (Å²) in [6, 6.07) is 3.71. The maximum Gasteiger partial charge on any atom is 0.360 e. The molecular weight excluding hydrogens is 404 g/mol. The Labute approximate surface area is 147 Å². The van der Waals surface area contributed by atoms with Crippen LogP contribution in [0.1, 0.15) is 11.1 Å². The molecule has 0 saturated heterocycles. The van der Waals surface area contributed by atoms with E-state index in [9.17, 15) is 44.9 Å². The van der Waals surface area contributed by atoms with Crippen molar-refractivity contribution in [3.63, 3.8) is 0 Å². The number of sulfone groups is 1. The molecule has 0 aliphatic carbocycles. The van der Waals surface area contributed by atoms with Gasteiger partial charge in [-0.25, -0.2) is 34.8 Å². The molecule has 0 aromatic heterocycles. The van der Waals surface area contributed by atoms with Gasteiger partial charge in [0.15, 0.2) is 23.3 Å². The molecule has 144 valence electrons. The van der Waals surface area contributed by atoms with Crippen LogP contribution in [0.3, 0.4) is 0 Å². The molecule has 2 aromatic rings. The Morgan fingerprint density at radius 3 is 1.78 bits per heavy atom. The third kappa shape index (κ3) is 4.10. The minimum atomic E-state index is -4.89. The first-order valence-electron chi connectivity index (χ1n) is 6.80. The van der Waals surface area contributed by atoms with Crippen molar-refractivity contribution >= 4 is 15.9 Å². The van der Waals surface area contributed by atoms with Crippen molar-refractivity contribution in [1.82, 2.24) is 0 Å². The Balaban J connectivity index is 2.61. The first-order chi connectivity index (χ1) is 12.5. The topological polar surface area (TPSA) is 77.3 Å². The van der Waals surface area contributed by atoms with E-state index in [-0.39, 0.29) is 11.6 Å². The molecule has 0 aliphatic rings. The molecule has 0 N–H and O–H groups in total. The van der Waals surface area contributed by atoms with E-state index in [1.54, 1.807) is 0 Å². The molecule has 12 heteroatoms. The summed E-state index contributed by atoms with van der Waals surface area (Å²) >= 11 is 0. The third-order valence-electron chi connectivity index (χ3n) is 3.28. The largest absolute Gasteiger partial charge is 0.360 e. The molecule has 0 atom stereocenters. The maximum atomic E-state index is 13.7. The van der Waals surface area contributed by atoms with Gasteiger partial charge in [-0.3, -0.25) is 10.1 Å². The third-order valence-corrected chi connectivity index (χ3v) is 4.90. The number of benzene rings is 2. The van der Waals surface area contributed by atoms with Crippen LogP contribution < -0.4 is 0 Å². The normalized spacial score (nSPS) is 12.3. The van der Waals surface area contributed by atoms with Crippen molar-refractivity contribution in [2.24, 2.45) is 0 Å². The highest BCUT2D eigenvalue weighted by atomic mass is 32.2. The van der Waals surface area contributed by atoms with Crippen LogP contribution in [0, 0.1) is 45.0 Å². The summed E-state index contributed by atoms with van der Waals surface area (Å²) in [5.74, 6) is -13.9. The van der Waals surface area contributed by atoms with Gasteiger partial charge in [-0.1, -0.05) is 12.1 Å². The van der Waals surface area contributed by atoms with Gasteiger partial charge in [0, 0.05) is 6.08 Å². The van der Waals surface area contributed by atoms with Gasteiger partial charge >= 0.3 is 5.03 Å². The lowest BCUT2D eigenvalue weighted by molar-refractivity contribution is -0.410. The van der Waals surface area contributed by atoms with Crippen LogP contribution in [0.5, 0.6) is 0 Å². The lowest BCUT2D eigenvalue weighted by atomic mass is 10.1. The fourth-order valence-corrected chi connectivity index (χ4v) is 3.31. The van der Waals surface area contributed by atoms with E-state index in [0.717, 1.165) is 24.3 Å². The summed E-state index contributed by atoms with van der Waals surface area (Å²) < 4.78 is 104. The maximum absolute atomic E-state index is 13.7. The monoisotopic (exact) mass is 411 g/mol. The van der Waals surface area contributed by atoms with E-state index < -0.39 is 66.0 Å². The number of nitrogens with zero attached hydrogens (tertiary/aromatic N) is 1. The van der Waals surface area contributed by atoms with Gasteiger partial charge in [0.25, 0.3) is 0 Å². The van der Waals surface area contributed by atoms with Gasteiger partial charge < -0.3 is 0 Å². The average molecular weight is 411 g/mol. The minimum absolute atomic E-state index is 0.110. The predicted molar refractivity (Wildman–Crippen MR) is 80.2 cm³/mol. The number of halogens is 6. The number of hydrogen-bond acceptors (Lipinski definition) is 4. The quantitative estimate of drug-likeness (QED) is 0.247. The fraction of sp³-hybridized carbons (Fsp3) is 0.0667. The Morgan fingerprint density at radius 2 is 1.33 bits per heavy atom. The zero-order valence-electron chi connectivity index (χ0n) is 12.9. The smallest absolute Gasteiger partial charge is 0.258 e. The highest BCUT2D eigenvalue weighted by molar-refractivity contribution is 7.94. The van der Waals surface area contributed by atoms with Crippen LogP contribution in [0.15, 0.2) is 29.3 Å². The highest BCUT2D eigenvalue weighted by Crippen LogP contribution is 2.27. The average Bonchev–Trinajstić information content (AvgIpc) is 2.59. The van der Waals surface area contributed by atoms with E-state index >= 15 is 0 Å². The summed E-state index contributed by atoms with van der Waals surface area (Å²) in [7, 11) is -4.89. The van der Waals surface area contributed by atoms with Crippen LogP contribution in [0.2, 0.25) is 0 Å². The van der Waals surface area contributed by atoms with E-state index in [0.29, 0.717) is 0 Å². The van der Waals surface area contributed by atoms with Crippen LogP contribution in [0.25, 0.3) is 6.08 Å². The minimum Gasteiger partial charge on any atom is -0.258 e. The van der Waals surface area contributed by atoms with E-state index in [2.05, 4.69) is 0 Å². The summed E-state index contributed by atoms with van der Waals surface area (Å²) in [5, 5.41) is 9.25. The first-order valence-corrected chi connectivity index (χ1v) is 8.45. The van der Waals surface area contributed by atoms with Crippen molar-refractivity contribution in [2.75, 3.05) is 0 Å². The van der Waals surface area contributed by atoms with E-state index in [4.69, 9.17) is 0 Å². The molecule has 0 saturated carbocycles. The zero-order valence-corrected chi connectivity index (χ0v) is 13.7. The molecular formula is C15H7F6NO4S. The molecule has 2 rings (SSSR count). The molecule has 0 aliphatic heterocycles. The highest BCUT2D eigenvalue weighted by Gasteiger charge is 2.33. The Hall–Kier alpha value is -2.89. The van der Waals surface area contributed by atoms with Gasteiger partial charge in [0.2, 0.25) is 15.7 Å². The molecule has 0 spiro atoms. The van der Waals surface area contributed by atoms with Gasteiger partial charge in [-0.2, -0.15) is 0 Å². The second kappa shape index (κ2) is 7.39. The number of nitro groups is 1. The molecule has 0 fully saturated rings. The Bertz CT molecular complexity index is 1020. The second-order valence-corrected chi connectivity index (χ2v) is 7.05. The lowest BCUT2D eigenvalue weighted by Gasteiger charge is -2.06. The van der Waals surface area contributed by atoms with Gasteiger partial charge in [-0.15, -0.1) is 0 Å². The molecule has 0 radical (unpaired) electrons. The summed E-state index contributed by atoms with van der Waals surface area (Å²) in [5.41, 5.74) is -1.89. The zero-order chi connectivity index (χ0) is 20.5. The summed E-state index contributed by atoms with van der Waals surface area (Å²) in [6.45, 7) is 0. The number of rotatable bonds is 5. The molecule has 0 bridgehead atoms. The summed E-state index contributed by atoms with van der Waals surface area (Å²) in [4.78, 5) is 9.50. The number of hydrogen-bond donors (Lipinski definition) is 0. The van der Waals surface area contributed by atoms with Gasteiger partial charge in [-0.05, 0) is 17.7 Å². The van der Waals surface area contributed by atoms with Crippen LogP contribution in [0.4, 0.5) is 26.3 Å². The van der Waals surface area contributed by atoms with Crippen molar-refractivity contribution in [3.8, 4) is 0 Å². The van der Waals surface area contributed by atoms with Crippen molar-refractivity contribution in [2.45, 2.75) is 5.75 Å². The SMILES string of the molecule is O=[N+]([O-])C(=Cc1c(F)c(F)c(F)c(F)c1F)S(=O)(=O)Cc1ccc(F)cc1. The van der Waals surface area contributed by atoms with Crippen molar-refractivity contribution in [3.05, 3.63) is 85.4 Å². The molecule has 2 aromatic carbocycles. The predicted octanol–water partition coefficient (Wildman–Crippen LogP) is 3.71. The van der Waals surface area contributed by atoms with Crippen LogP contribution in [-0.2, 0) is 15.6 Å². The van der Waals surface area contributed by atoms with E-state index in [1.807, 2.05) is 0 Å². The fourth-order valence-electron chi connectivity index (χ4n) is 2.00. The lowest BCUT2D eigenvalue weighted by Crippen LogP contribution is -2.15. The first kappa shape index (κ1) is 20.4. The molecule has 27 heavy (non-hydrogen) atoms. The van der Waals surface area contributed by atoms with Crippen molar-refractivity contribution in [1.29, 1.82) is 0 Å². The molecule has 0 heterocycles. The van der Waals surface area contributed by atoms with Crippen LogP contribution >= 0.6 is 0 Å². The second-order valence-electron chi connectivity index (χ2n) is 5.11. The molecule has 5 nitrogen and oxygen atoms in total. The van der Waals surface area contributed by atoms with Crippen LogP contribution in [-0.4, -0.2) is 13.3 Å². The Morgan fingerprint density at radius 1 is 0.889 bits per heavy atom. The standard InChI is InChI=1S/C15H7F6NO4S/c16-8-3-1-7(2-4-8)6-27(25,26)10(22(23)24)5-9-11(17)13(19)15(21)14(20)12(9)18/h1-5H,6H2.